The molecule has 1 N–H and O–H groups in total. The highest BCUT2D eigenvalue weighted by molar-refractivity contribution is 5.84. The molecule has 8 nitrogen and oxygen atoms in total. The zero-order chi connectivity index (χ0) is 24.3. The second-order valence-electron chi connectivity index (χ2n) is 9.55. The van der Waals surface area contributed by atoms with Crippen LogP contribution < -0.4 is 20.7 Å². The molecule has 2 aliphatic heterocycles. The van der Waals surface area contributed by atoms with Crippen LogP contribution in [0.5, 0.6) is 0 Å². The van der Waals surface area contributed by atoms with Gasteiger partial charge in [-0.15, -0.1) is 0 Å². The summed E-state index contributed by atoms with van der Waals surface area (Å²) < 4.78 is 5.70. The van der Waals surface area contributed by atoms with E-state index in [0.717, 1.165) is 80.4 Å². The molecule has 8 heteroatoms. The minimum Gasteiger partial charge on any atom is -0.422 e. The van der Waals surface area contributed by atoms with Crippen LogP contribution in [0.3, 0.4) is 0 Å². The van der Waals surface area contributed by atoms with Gasteiger partial charge in [0.05, 0.1) is 5.56 Å². The third kappa shape index (κ3) is 4.76. The first kappa shape index (κ1) is 22.5. The first-order chi connectivity index (χ1) is 17.7. The average Bonchev–Trinajstić information content (AvgIpc) is 2.94. The fraction of sp³-hybridized carbons (Fsp3) is 0.357. The van der Waals surface area contributed by atoms with Gasteiger partial charge in [-0.3, -0.25) is 0 Å². The Hall–Kier alpha value is -3.94. The molecule has 36 heavy (non-hydrogen) atoms. The van der Waals surface area contributed by atoms with Crippen molar-refractivity contribution in [3.05, 3.63) is 65.0 Å². The normalized spacial score (nSPS) is 16.3. The average molecular weight is 483 g/mol. The molecule has 184 valence electrons. The summed E-state index contributed by atoms with van der Waals surface area (Å²) in [4.78, 5) is 31.6. The van der Waals surface area contributed by atoms with Gasteiger partial charge < -0.3 is 19.5 Å². The molecule has 0 unspecified atom stereocenters. The lowest BCUT2D eigenvalue weighted by atomic mass is 10.1. The Balaban J connectivity index is 1.32. The molecule has 0 aliphatic carbocycles. The SMILES string of the molecule is O=c1oc2cc(Nc3nc(N4CCCCC4)nc(N4CCCCC4)n3)ccc2cc1-c1ccccc1. The number of aromatic nitrogens is 3. The summed E-state index contributed by atoms with van der Waals surface area (Å²) in [5.74, 6) is 1.97. The van der Waals surface area contributed by atoms with Crippen molar-refractivity contribution in [1.29, 1.82) is 0 Å². The Morgan fingerprint density at radius 2 is 1.36 bits per heavy atom. The number of fused-ring (bicyclic) bond motifs is 1. The maximum Gasteiger partial charge on any atom is 0.344 e. The number of rotatable bonds is 5. The number of nitrogens with one attached hydrogen (secondary N) is 1. The summed E-state index contributed by atoms with van der Waals surface area (Å²) in [6.45, 7) is 3.86. The van der Waals surface area contributed by atoms with Crippen LogP contribution in [0.1, 0.15) is 38.5 Å². The molecule has 0 saturated carbocycles. The van der Waals surface area contributed by atoms with E-state index >= 15 is 0 Å². The van der Waals surface area contributed by atoms with Crippen molar-refractivity contribution in [3.63, 3.8) is 0 Å². The Kier molecular flexibility index (Phi) is 6.24. The molecular weight excluding hydrogens is 452 g/mol. The Bertz CT molecular complexity index is 1370. The highest BCUT2D eigenvalue weighted by atomic mass is 16.4. The molecule has 0 bridgehead atoms. The summed E-state index contributed by atoms with van der Waals surface area (Å²) in [6, 6.07) is 17.2. The van der Waals surface area contributed by atoms with E-state index < -0.39 is 0 Å². The number of hydrogen-bond acceptors (Lipinski definition) is 8. The van der Waals surface area contributed by atoms with Gasteiger partial charge in [0.25, 0.3) is 0 Å². The molecule has 0 spiro atoms. The summed E-state index contributed by atoms with van der Waals surface area (Å²) >= 11 is 0. The number of nitrogens with zero attached hydrogens (tertiary/aromatic N) is 5. The zero-order valence-corrected chi connectivity index (χ0v) is 20.3. The van der Waals surface area contributed by atoms with Crippen molar-refractivity contribution in [2.45, 2.75) is 38.5 Å². The molecule has 2 aromatic carbocycles. The first-order valence-corrected chi connectivity index (χ1v) is 12.9. The molecule has 2 aromatic heterocycles. The van der Waals surface area contributed by atoms with E-state index in [1.165, 1.54) is 12.8 Å². The maximum atomic E-state index is 12.7. The van der Waals surface area contributed by atoms with Crippen molar-refractivity contribution in [3.8, 4) is 11.1 Å². The van der Waals surface area contributed by atoms with Crippen molar-refractivity contribution < 1.29 is 4.42 Å². The van der Waals surface area contributed by atoms with Gasteiger partial charge in [-0.05, 0) is 62.3 Å². The van der Waals surface area contributed by atoms with Crippen LogP contribution in [0, 0.1) is 0 Å². The van der Waals surface area contributed by atoms with E-state index in [1.807, 2.05) is 54.6 Å². The highest BCUT2D eigenvalue weighted by Gasteiger charge is 2.20. The van der Waals surface area contributed by atoms with E-state index in [0.29, 0.717) is 17.1 Å². The lowest BCUT2D eigenvalue weighted by molar-refractivity contribution is 0.556. The van der Waals surface area contributed by atoms with Gasteiger partial charge in [-0.2, -0.15) is 15.0 Å². The predicted octanol–water partition coefficient (Wildman–Crippen LogP) is 5.37. The van der Waals surface area contributed by atoms with Crippen LogP contribution in [0.25, 0.3) is 22.1 Å². The van der Waals surface area contributed by atoms with Crippen LogP contribution in [0.2, 0.25) is 0 Å². The Morgan fingerprint density at radius 1 is 0.722 bits per heavy atom. The Morgan fingerprint density at radius 3 is 2.00 bits per heavy atom. The van der Waals surface area contributed by atoms with Gasteiger partial charge in [-0.25, -0.2) is 4.79 Å². The summed E-state index contributed by atoms with van der Waals surface area (Å²) in [7, 11) is 0. The lowest BCUT2D eigenvalue weighted by Crippen LogP contribution is -2.34. The number of anilines is 4. The minimum absolute atomic E-state index is 0.356. The molecule has 4 aromatic rings. The molecule has 2 aliphatic rings. The maximum absolute atomic E-state index is 12.7. The second kappa shape index (κ2) is 9.97. The highest BCUT2D eigenvalue weighted by Crippen LogP contribution is 2.27. The van der Waals surface area contributed by atoms with Gasteiger partial charge in [0.15, 0.2) is 0 Å². The number of benzene rings is 2. The fourth-order valence-electron chi connectivity index (χ4n) is 5.02. The molecule has 6 rings (SSSR count). The van der Waals surface area contributed by atoms with Gasteiger partial charge in [0.2, 0.25) is 17.8 Å². The van der Waals surface area contributed by atoms with E-state index in [-0.39, 0.29) is 5.63 Å². The molecule has 0 amide bonds. The van der Waals surface area contributed by atoms with E-state index in [2.05, 4.69) is 15.1 Å². The second-order valence-corrected chi connectivity index (χ2v) is 9.55. The van der Waals surface area contributed by atoms with Crippen LogP contribution >= 0.6 is 0 Å². The van der Waals surface area contributed by atoms with Crippen LogP contribution in [-0.2, 0) is 0 Å². The van der Waals surface area contributed by atoms with Crippen molar-refractivity contribution in [2.75, 3.05) is 41.3 Å². The summed E-state index contributed by atoms with van der Waals surface area (Å²) in [5, 5.41) is 4.20. The van der Waals surface area contributed by atoms with Crippen molar-refractivity contribution in [1.82, 2.24) is 15.0 Å². The standard InChI is InChI=1S/C28H30N6O2/c35-25-23(20-10-4-1-5-11-20)18-21-12-13-22(19-24(21)36-25)29-26-30-27(33-14-6-2-7-15-33)32-28(31-26)34-16-8-3-9-17-34/h1,4-5,10-13,18-19H,2-3,6-9,14-17H2,(H,29,30,31,32). The van der Waals surface area contributed by atoms with E-state index in [9.17, 15) is 4.79 Å². The Labute approximate surface area is 210 Å². The van der Waals surface area contributed by atoms with Crippen molar-refractivity contribution >= 4 is 34.5 Å². The first-order valence-electron chi connectivity index (χ1n) is 12.9. The van der Waals surface area contributed by atoms with E-state index in [4.69, 9.17) is 19.4 Å². The smallest absolute Gasteiger partial charge is 0.344 e. The van der Waals surface area contributed by atoms with Crippen LogP contribution in [0.15, 0.2) is 63.8 Å². The topological polar surface area (TPSA) is 87.4 Å². The van der Waals surface area contributed by atoms with Gasteiger partial charge >= 0.3 is 5.63 Å². The summed E-state index contributed by atoms with van der Waals surface area (Å²) in [6.07, 6.45) is 7.12. The third-order valence-electron chi connectivity index (χ3n) is 6.97. The monoisotopic (exact) mass is 482 g/mol. The third-order valence-corrected chi connectivity index (χ3v) is 6.97. The molecule has 2 saturated heterocycles. The predicted molar refractivity (Wildman–Crippen MR) is 143 cm³/mol. The fourth-order valence-corrected chi connectivity index (χ4v) is 5.02. The van der Waals surface area contributed by atoms with Gasteiger partial charge in [0.1, 0.15) is 5.58 Å². The van der Waals surface area contributed by atoms with Crippen LogP contribution in [-0.4, -0.2) is 41.1 Å². The van der Waals surface area contributed by atoms with Gasteiger partial charge in [-0.1, -0.05) is 30.3 Å². The minimum atomic E-state index is -0.356. The number of piperidine rings is 2. The van der Waals surface area contributed by atoms with Gasteiger partial charge in [0, 0.05) is 43.3 Å². The van der Waals surface area contributed by atoms with Crippen molar-refractivity contribution in [2.24, 2.45) is 0 Å². The summed E-state index contributed by atoms with van der Waals surface area (Å²) in [5.41, 5.74) is 2.32. The lowest BCUT2D eigenvalue weighted by Gasteiger charge is -2.30. The molecule has 0 atom stereocenters. The zero-order valence-electron chi connectivity index (χ0n) is 20.3. The molecule has 4 heterocycles. The number of hydrogen-bond donors (Lipinski definition) is 1. The molecule has 2 fully saturated rings. The molecular formula is C28H30N6O2. The largest absolute Gasteiger partial charge is 0.422 e. The van der Waals surface area contributed by atoms with E-state index in [1.54, 1.807) is 0 Å². The molecule has 0 radical (unpaired) electrons. The quantitative estimate of drug-likeness (QED) is 0.380. The van der Waals surface area contributed by atoms with Crippen LogP contribution in [0.4, 0.5) is 23.5 Å².